The number of aromatic nitrogens is 4. The van der Waals surface area contributed by atoms with Gasteiger partial charge in [-0.15, -0.1) is 0 Å². The molecule has 0 spiro atoms. The number of ether oxygens (including phenoxy) is 1. The van der Waals surface area contributed by atoms with Crippen LogP contribution in [-0.2, 0) is 6.54 Å². The third-order valence-corrected chi connectivity index (χ3v) is 5.33. The largest absolute Gasteiger partial charge is 0.473 e. The molecule has 2 aliphatic rings. The highest BCUT2D eigenvalue weighted by Crippen LogP contribution is 2.33. The number of rotatable bonds is 1. The van der Waals surface area contributed by atoms with Gasteiger partial charge < -0.3 is 15.4 Å². The van der Waals surface area contributed by atoms with Crippen molar-refractivity contribution >= 4 is 22.9 Å². The average Bonchev–Trinajstić information content (AvgIpc) is 3.40. The van der Waals surface area contributed by atoms with Crippen LogP contribution in [0.3, 0.4) is 0 Å². The minimum atomic E-state index is -0.440. The molecule has 5 rings (SSSR count). The summed E-state index contributed by atoms with van der Waals surface area (Å²) in [6.45, 7) is 2.36. The minimum absolute atomic E-state index is 0.264. The van der Waals surface area contributed by atoms with Gasteiger partial charge in [-0.3, -0.25) is 4.79 Å². The molecule has 0 saturated carbocycles. The van der Waals surface area contributed by atoms with Crippen molar-refractivity contribution in [1.29, 1.82) is 0 Å². The Morgan fingerprint density at radius 1 is 1.27 bits per heavy atom. The van der Waals surface area contributed by atoms with E-state index in [1.165, 1.54) is 17.8 Å². The summed E-state index contributed by atoms with van der Waals surface area (Å²) in [5, 5.41) is 10.5. The lowest BCUT2D eigenvalue weighted by atomic mass is 10.1. The monoisotopic (exact) mass is 408 g/mol. The van der Waals surface area contributed by atoms with Crippen molar-refractivity contribution in [3.63, 3.8) is 0 Å². The summed E-state index contributed by atoms with van der Waals surface area (Å²) in [4.78, 5) is 21.5. The Balaban J connectivity index is 1.64. The van der Waals surface area contributed by atoms with Gasteiger partial charge in [0.15, 0.2) is 5.65 Å². The van der Waals surface area contributed by atoms with Crippen LogP contribution < -0.4 is 15.4 Å². The molecule has 1 aliphatic carbocycles. The van der Waals surface area contributed by atoms with Crippen LogP contribution >= 0.6 is 0 Å². The molecule has 2 bridgehead atoms. The number of amides is 1. The first-order valence-corrected chi connectivity index (χ1v) is 9.99. The molecule has 0 saturated heterocycles. The fourth-order valence-corrected chi connectivity index (χ4v) is 3.80. The maximum absolute atomic E-state index is 13.9. The van der Waals surface area contributed by atoms with E-state index >= 15 is 0 Å². The fourth-order valence-electron chi connectivity index (χ4n) is 3.80. The molecule has 1 atom stereocenters. The molecule has 0 aromatic carbocycles. The Bertz CT molecular complexity index is 1170. The van der Waals surface area contributed by atoms with Crippen molar-refractivity contribution in [2.24, 2.45) is 0 Å². The number of fused-ring (bicyclic) bond motifs is 2. The maximum atomic E-state index is 13.9. The van der Waals surface area contributed by atoms with Gasteiger partial charge in [0, 0.05) is 23.9 Å². The van der Waals surface area contributed by atoms with Crippen LogP contribution in [0.15, 0.2) is 30.7 Å². The zero-order chi connectivity index (χ0) is 20.7. The number of nitrogens with zero attached hydrogens (tertiary/aromatic N) is 4. The van der Waals surface area contributed by atoms with Gasteiger partial charge in [0.05, 0.1) is 18.9 Å². The molecule has 0 unspecified atom stereocenters. The van der Waals surface area contributed by atoms with E-state index in [1.54, 1.807) is 4.52 Å². The standard InChI is InChI=1S/C21H21FN6O2/c1-12-7-24-20(29)16-10-26-28-11-17(13-4-2-3-5-13)18(27-19(16)28)23-8-14-6-15(22)9-25-21(14)30-12/h4,6,9-12H,2-3,5,7-8H2,1H3,(H,23,27)(H,24,29)/t12-/m0/s1. The first kappa shape index (κ1) is 18.5. The Kier molecular flexibility index (Phi) is 4.57. The number of allylic oxidation sites excluding steroid dienone is 2. The highest BCUT2D eigenvalue weighted by Gasteiger charge is 2.21. The Hall–Kier alpha value is -3.49. The van der Waals surface area contributed by atoms with E-state index in [0.29, 0.717) is 28.5 Å². The third kappa shape index (κ3) is 3.36. The minimum Gasteiger partial charge on any atom is -0.473 e. The molecule has 4 heterocycles. The second-order valence-electron chi connectivity index (χ2n) is 7.56. The van der Waals surface area contributed by atoms with Crippen molar-refractivity contribution in [3.05, 3.63) is 53.2 Å². The van der Waals surface area contributed by atoms with E-state index in [1.807, 2.05) is 13.1 Å². The summed E-state index contributed by atoms with van der Waals surface area (Å²) in [7, 11) is 0. The maximum Gasteiger partial charge on any atom is 0.256 e. The molecule has 0 fully saturated rings. The lowest BCUT2D eigenvalue weighted by Gasteiger charge is -2.17. The van der Waals surface area contributed by atoms with Crippen molar-refractivity contribution in [3.8, 4) is 5.88 Å². The number of nitrogens with one attached hydrogen (secondary N) is 2. The van der Waals surface area contributed by atoms with Crippen LogP contribution in [0.25, 0.3) is 11.2 Å². The molecular weight excluding hydrogens is 387 g/mol. The summed E-state index contributed by atoms with van der Waals surface area (Å²) < 4.78 is 21.4. The summed E-state index contributed by atoms with van der Waals surface area (Å²) in [5.41, 5.74) is 3.53. The second kappa shape index (κ2) is 7.40. The van der Waals surface area contributed by atoms with Gasteiger partial charge in [-0.25, -0.2) is 18.9 Å². The van der Waals surface area contributed by atoms with E-state index in [4.69, 9.17) is 9.72 Å². The van der Waals surface area contributed by atoms with Gasteiger partial charge in [-0.05, 0) is 37.8 Å². The molecule has 154 valence electrons. The summed E-state index contributed by atoms with van der Waals surface area (Å²) in [5.74, 6) is 0.228. The van der Waals surface area contributed by atoms with Crippen LogP contribution in [-0.4, -0.2) is 38.1 Å². The number of carbonyl (C=O) groups excluding carboxylic acids is 1. The van der Waals surface area contributed by atoms with Crippen LogP contribution in [0.4, 0.5) is 10.2 Å². The van der Waals surface area contributed by atoms with E-state index < -0.39 is 5.82 Å². The van der Waals surface area contributed by atoms with E-state index in [2.05, 4.69) is 26.8 Å². The molecule has 3 aromatic rings. The van der Waals surface area contributed by atoms with E-state index in [0.717, 1.165) is 31.0 Å². The highest BCUT2D eigenvalue weighted by atomic mass is 19.1. The fraction of sp³-hybridized carbons (Fsp3) is 0.333. The van der Waals surface area contributed by atoms with Gasteiger partial charge in [0.2, 0.25) is 5.88 Å². The molecular formula is C21H21FN6O2. The molecule has 2 N–H and O–H groups in total. The first-order valence-electron chi connectivity index (χ1n) is 9.99. The zero-order valence-corrected chi connectivity index (χ0v) is 16.5. The van der Waals surface area contributed by atoms with Crippen LogP contribution in [0.1, 0.15) is 47.7 Å². The number of hydrogen-bond acceptors (Lipinski definition) is 6. The third-order valence-electron chi connectivity index (χ3n) is 5.33. The Morgan fingerprint density at radius 3 is 3.00 bits per heavy atom. The highest BCUT2D eigenvalue weighted by molar-refractivity contribution is 6.00. The summed E-state index contributed by atoms with van der Waals surface area (Å²) in [6.07, 6.45) is 9.43. The van der Waals surface area contributed by atoms with Gasteiger partial charge in [0.1, 0.15) is 23.3 Å². The number of pyridine rings is 1. The van der Waals surface area contributed by atoms with Crippen molar-refractivity contribution in [1.82, 2.24) is 24.9 Å². The summed E-state index contributed by atoms with van der Waals surface area (Å²) >= 11 is 0. The average molecular weight is 408 g/mol. The molecule has 30 heavy (non-hydrogen) atoms. The van der Waals surface area contributed by atoms with Crippen LogP contribution in [0.2, 0.25) is 0 Å². The lowest BCUT2D eigenvalue weighted by molar-refractivity contribution is 0.0932. The molecule has 1 aliphatic heterocycles. The van der Waals surface area contributed by atoms with Crippen molar-refractivity contribution in [2.45, 2.75) is 38.8 Å². The predicted octanol–water partition coefficient (Wildman–Crippen LogP) is 2.95. The topological polar surface area (TPSA) is 93.4 Å². The van der Waals surface area contributed by atoms with Gasteiger partial charge >= 0.3 is 0 Å². The number of carbonyl (C=O) groups is 1. The van der Waals surface area contributed by atoms with Gasteiger partial charge in [-0.2, -0.15) is 5.10 Å². The lowest BCUT2D eigenvalue weighted by Crippen LogP contribution is -2.33. The molecule has 9 heteroatoms. The first-order chi connectivity index (χ1) is 14.6. The quantitative estimate of drug-likeness (QED) is 0.643. The number of anilines is 1. The number of halogens is 1. The van der Waals surface area contributed by atoms with Crippen molar-refractivity contribution < 1.29 is 13.9 Å². The molecule has 3 aromatic heterocycles. The Labute approximate surface area is 172 Å². The van der Waals surface area contributed by atoms with Crippen LogP contribution in [0.5, 0.6) is 5.88 Å². The number of hydrogen-bond donors (Lipinski definition) is 2. The van der Waals surface area contributed by atoms with E-state index in [-0.39, 0.29) is 25.1 Å². The molecule has 8 nitrogen and oxygen atoms in total. The van der Waals surface area contributed by atoms with Gasteiger partial charge in [0.25, 0.3) is 5.91 Å². The second-order valence-corrected chi connectivity index (χ2v) is 7.56. The summed E-state index contributed by atoms with van der Waals surface area (Å²) in [6, 6.07) is 1.40. The predicted molar refractivity (Wildman–Crippen MR) is 109 cm³/mol. The zero-order valence-electron chi connectivity index (χ0n) is 16.5. The Morgan fingerprint density at radius 2 is 2.17 bits per heavy atom. The SMILES string of the molecule is C[C@H]1CNC(=O)c2cnn3cc(C4=CCCC4)c(nc23)NCc2cc(F)cnc2O1. The van der Waals surface area contributed by atoms with Gasteiger partial charge in [-0.1, -0.05) is 6.08 Å². The smallest absolute Gasteiger partial charge is 0.256 e. The van der Waals surface area contributed by atoms with Crippen molar-refractivity contribution in [2.75, 3.05) is 11.9 Å². The van der Waals surface area contributed by atoms with Crippen LogP contribution in [0, 0.1) is 5.82 Å². The molecule has 0 radical (unpaired) electrons. The normalized spacial score (nSPS) is 19.1. The van der Waals surface area contributed by atoms with E-state index in [9.17, 15) is 9.18 Å². The molecule has 1 amide bonds.